The lowest BCUT2D eigenvalue weighted by molar-refractivity contribution is -0.121. The minimum Gasteiger partial charge on any atom is -0.361 e. The van der Waals surface area contributed by atoms with Crippen LogP contribution in [0.25, 0.3) is 10.9 Å². The molecule has 0 bridgehead atoms. The molecule has 3 aromatic rings. The van der Waals surface area contributed by atoms with Crippen LogP contribution < -0.4 is 5.32 Å². The van der Waals surface area contributed by atoms with Crippen LogP contribution in [0.15, 0.2) is 54.7 Å². The molecular weight excluding hydrogens is 320 g/mol. The third-order valence-corrected chi connectivity index (χ3v) is 4.60. The van der Waals surface area contributed by atoms with Crippen LogP contribution in [0, 0.1) is 0 Å². The van der Waals surface area contributed by atoms with E-state index in [2.05, 4.69) is 22.4 Å². The number of fused-ring (bicyclic) bond motifs is 1. The second-order valence-electron chi connectivity index (χ2n) is 5.92. The fraction of sp³-hybridized carbons (Fsp3) is 0.250. The zero-order chi connectivity index (χ0) is 16.9. The highest BCUT2D eigenvalue weighted by molar-refractivity contribution is 6.31. The van der Waals surface area contributed by atoms with Crippen molar-refractivity contribution in [3.63, 3.8) is 0 Å². The summed E-state index contributed by atoms with van der Waals surface area (Å²) in [7, 11) is 0. The molecule has 1 heterocycles. The van der Waals surface area contributed by atoms with Crippen molar-refractivity contribution in [3.05, 3.63) is 70.9 Å². The number of aromatic amines is 1. The number of hydrogen-bond acceptors (Lipinski definition) is 1. The number of para-hydroxylation sites is 1. The Balaban J connectivity index is 1.99. The second-order valence-corrected chi connectivity index (χ2v) is 6.32. The van der Waals surface area contributed by atoms with E-state index >= 15 is 0 Å². The van der Waals surface area contributed by atoms with Crippen molar-refractivity contribution in [1.82, 2.24) is 10.3 Å². The van der Waals surface area contributed by atoms with Gasteiger partial charge in [-0.3, -0.25) is 4.79 Å². The zero-order valence-corrected chi connectivity index (χ0v) is 14.4. The lowest BCUT2D eigenvalue weighted by Crippen LogP contribution is -2.28. The first-order valence-electron chi connectivity index (χ1n) is 8.27. The lowest BCUT2D eigenvalue weighted by Gasteiger charge is -2.19. The summed E-state index contributed by atoms with van der Waals surface area (Å²) in [5.41, 5.74) is 3.26. The van der Waals surface area contributed by atoms with Crippen LogP contribution >= 0.6 is 11.6 Å². The van der Waals surface area contributed by atoms with E-state index in [-0.39, 0.29) is 11.8 Å². The van der Waals surface area contributed by atoms with Gasteiger partial charge in [-0.15, -0.1) is 0 Å². The van der Waals surface area contributed by atoms with Crippen molar-refractivity contribution in [2.75, 3.05) is 6.54 Å². The maximum absolute atomic E-state index is 11.9. The van der Waals surface area contributed by atoms with Crippen molar-refractivity contribution < 1.29 is 4.79 Å². The molecule has 0 unspecified atom stereocenters. The Morgan fingerprint density at radius 3 is 2.67 bits per heavy atom. The van der Waals surface area contributed by atoms with E-state index in [4.69, 9.17) is 11.6 Å². The molecule has 1 aromatic heterocycles. The minimum atomic E-state index is 0.00987. The normalized spacial score (nSPS) is 12.2. The molecular formula is C20H21ClN2O. The molecule has 2 N–H and O–H groups in total. The van der Waals surface area contributed by atoms with Crippen LogP contribution in [0.5, 0.6) is 0 Å². The standard InChI is InChI=1S/C20H21ClN2O/c1-2-7-20(24)23-13-16(14-8-3-5-10-18(14)21)17-12-22-19-11-6-4-9-15(17)19/h3-6,8-12,16,22H,2,7,13H2,1H3,(H,23,24)/t16-/m0/s1. The molecule has 1 atom stereocenters. The van der Waals surface area contributed by atoms with Crippen LogP contribution in [0.3, 0.4) is 0 Å². The lowest BCUT2D eigenvalue weighted by atomic mass is 9.90. The van der Waals surface area contributed by atoms with Gasteiger partial charge in [0, 0.05) is 41.0 Å². The van der Waals surface area contributed by atoms with Gasteiger partial charge in [0.25, 0.3) is 0 Å². The average Bonchev–Trinajstić information content (AvgIpc) is 3.01. The van der Waals surface area contributed by atoms with Crippen molar-refractivity contribution >= 4 is 28.4 Å². The van der Waals surface area contributed by atoms with E-state index in [0.29, 0.717) is 13.0 Å². The summed E-state index contributed by atoms with van der Waals surface area (Å²) in [4.78, 5) is 15.3. The van der Waals surface area contributed by atoms with Crippen molar-refractivity contribution in [2.24, 2.45) is 0 Å². The van der Waals surface area contributed by atoms with Gasteiger partial charge in [-0.05, 0) is 29.7 Å². The predicted molar refractivity (Wildman–Crippen MR) is 99.5 cm³/mol. The molecule has 0 aliphatic heterocycles. The van der Waals surface area contributed by atoms with Crippen molar-refractivity contribution in [3.8, 4) is 0 Å². The molecule has 3 rings (SSSR count). The van der Waals surface area contributed by atoms with E-state index in [1.807, 2.05) is 49.5 Å². The van der Waals surface area contributed by atoms with Gasteiger partial charge >= 0.3 is 0 Å². The topological polar surface area (TPSA) is 44.9 Å². The predicted octanol–water partition coefficient (Wildman–Crippen LogP) is 4.87. The Labute approximate surface area is 147 Å². The maximum Gasteiger partial charge on any atom is 0.220 e. The van der Waals surface area contributed by atoms with Crippen LogP contribution in [-0.2, 0) is 4.79 Å². The summed E-state index contributed by atoms with van der Waals surface area (Å²) in [6.07, 6.45) is 3.41. The van der Waals surface area contributed by atoms with Gasteiger partial charge in [0.1, 0.15) is 0 Å². The first-order chi connectivity index (χ1) is 11.7. The Bertz CT molecular complexity index is 840. The van der Waals surface area contributed by atoms with Gasteiger partial charge in [-0.2, -0.15) is 0 Å². The highest BCUT2D eigenvalue weighted by Crippen LogP contribution is 2.34. The molecule has 0 aliphatic rings. The zero-order valence-electron chi connectivity index (χ0n) is 13.7. The molecule has 0 spiro atoms. The number of benzene rings is 2. The Hall–Kier alpha value is -2.26. The third-order valence-electron chi connectivity index (χ3n) is 4.26. The second kappa shape index (κ2) is 7.54. The highest BCUT2D eigenvalue weighted by atomic mass is 35.5. The van der Waals surface area contributed by atoms with Gasteiger partial charge < -0.3 is 10.3 Å². The first kappa shape index (κ1) is 16.6. The van der Waals surface area contributed by atoms with Gasteiger partial charge in [-0.25, -0.2) is 0 Å². The number of amides is 1. The molecule has 24 heavy (non-hydrogen) atoms. The molecule has 0 aliphatic carbocycles. The van der Waals surface area contributed by atoms with E-state index in [0.717, 1.165) is 33.5 Å². The molecule has 124 valence electrons. The number of aromatic nitrogens is 1. The van der Waals surface area contributed by atoms with Crippen molar-refractivity contribution in [1.29, 1.82) is 0 Å². The smallest absolute Gasteiger partial charge is 0.220 e. The molecule has 0 fully saturated rings. The summed E-state index contributed by atoms with van der Waals surface area (Å²) in [6.45, 7) is 2.54. The van der Waals surface area contributed by atoms with Crippen molar-refractivity contribution in [2.45, 2.75) is 25.7 Å². The average molecular weight is 341 g/mol. The largest absolute Gasteiger partial charge is 0.361 e. The molecule has 0 radical (unpaired) electrons. The number of H-pyrrole nitrogens is 1. The number of carbonyl (C=O) groups excluding carboxylic acids is 1. The van der Waals surface area contributed by atoms with Crippen LogP contribution in [0.4, 0.5) is 0 Å². The summed E-state index contributed by atoms with van der Waals surface area (Å²) in [5, 5.41) is 4.93. The Morgan fingerprint density at radius 1 is 1.12 bits per heavy atom. The number of halogens is 1. The minimum absolute atomic E-state index is 0.00987. The molecule has 0 saturated heterocycles. The summed E-state index contributed by atoms with van der Waals surface area (Å²) in [6, 6.07) is 16.0. The first-order valence-corrected chi connectivity index (χ1v) is 8.65. The quantitative estimate of drug-likeness (QED) is 0.660. The summed E-state index contributed by atoms with van der Waals surface area (Å²) in [5.74, 6) is 0.0880. The SMILES string of the molecule is CCCC(=O)NC[C@@H](c1ccccc1Cl)c1c[nH]c2ccccc12. The number of rotatable bonds is 6. The van der Waals surface area contributed by atoms with Crippen LogP contribution in [0.2, 0.25) is 5.02 Å². The third kappa shape index (κ3) is 3.46. The number of nitrogens with one attached hydrogen (secondary N) is 2. The summed E-state index contributed by atoms with van der Waals surface area (Å²) < 4.78 is 0. The van der Waals surface area contributed by atoms with E-state index in [1.54, 1.807) is 0 Å². The van der Waals surface area contributed by atoms with E-state index < -0.39 is 0 Å². The fourth-order valence-corrected chi connectivity index (χ4v) is 3.33. The van der Waals surface area contributed by atoms with Gasteiger partial charge in [0.05, 0.1) is 0 Å². The van der Waals surface area contributed by atoms with Crippen LogP contribution in [-0.4, -0.2) is 17.4 Å². The van der Waals surface area contributed by atoms with E-state index in [9.17, 15) is 4.79 Å². The molecule has 3 nitrogen and oxygen atoms in total. The monoisotopic (exact) mass is 340 g/mol. The Kier molecular flexibility index (Phi) is 5.21. The van der Waals surface area contributed by atoms with Gasteiger partial charge in [-0.1, -0.05) is 54.9 Å². The summed E-state index contributed by atoms with van der Waals surface area (Å²) >= 11 is 6.44. The molecule has 0 saturated carbocycles. The van der Waals surface area contributed by atoms with E-state index in [1.165, 1.54) is 0 Å². The fourth-order valence-electron chi connectivity index (χ4n) is 3.06. The van der Waals surface area contributed by atoms with Gasteiger partial charge in [0.2, 0.25) is 5.91 Å². The molecule has 1 amide bonds. The maximum atomic E-state index is 11.9. The van der Waals surface area contributed by atoms with Crippen LogP contribution in [0.1, 0.15) is 36.8 Å². The molecule has 2 aromatic carbocycles. The number of hydrogen-bond donors (Lipinski definition) is 2. The Morgan fingerprint density at radius 2 is 1.88 bits per heavy atom. The highest BCUT2D eigenvalue weighted by Gasteiger charge is 2.20. The van der Waals surface area contributed by atoms with Gasteiger partial charge in [0.15, 0.2) is 0 Å². The number of carbonyl (C=O) groups is 1. The molecule has 4 heteroatoms.